The van der Waals surface area contributed by atoms with E-state index in [1.807, 2.05) is 6.08 Å². The van der Waals surface area contributed by atoms with Gasteiger partial charge in [-0.25, -0.2) is 4.98 Å². The lowest BCUT2D eigenvalue weighted by Crippen LogP contribution is -2.37. The highest BCUT2D eigenvalue weighted by molar-refractivity contribution is 6.00. The molecule has 1 aliphatic heterocycles. The van der Waals surface area contributed by atoms with Crippen molar-refractivity contribution in [1.29, 1.82) is 0 Å². The van der Waals surface area contributed by atoms with Gasteiger partial charge in [0.2, 0.25) is 0 Å². The van der Waals surface area contributed by atoms with Gasteiger partial charge in [-0.15, -0.1) is 0 Å². The fraction of sp³-hybridized carbons (Fsp3) is 0.0208. The lowest BCUT2D eigenvalue weighted by molar-refractivity contribution is 0.731. The van der Waals surface area contributed by atoms with E-state index in [-0.39, 0.29) is 0 Å². The molecule has 0 atom stereocenters. The van der Waals surface area contributed by atoms with Gasteiger partial charge in [0.25, 0.3) is 0 Å². The Morgan fingerprint density at radius 3 is 1.62 bits per heavy atom. The van der Waals surface area contributed by atoms with Gasteiger partial charge in [-0.05, 0) is 75.3 Å². The molecule has 1 aromatic heterocycles. The van der Waals surface area contributed by atoms with E-state index in [9.17, 15) is 0 Å². The van der Waals surface area contributed by atoms with Gasteiger partial charge < -0.3 is 4.90 Å². The van der Waals surface area contributed by atoms with E-state index in [1.165, 1.54) is 22.3 Å². The first-order chi connectivity index (χ1) is 24.8. The summed E-state index contributed by atoms with van der Waals surface area (Å²) in [7, 11) is 0. The Morgan fingerprint density at radius 1 is 0.500 bits per heavy atom. The van der Waals surface area contributed by atoms with Crippen molar-refractivity contribution in [3.8, 4) is 22.4 Å². The first kappa shape index (κ1) is 29.6. The number of hydrogen-bond acceptors (Lipinski definition) is 2. The number of rotatable bonds is 6. The predicted molar refractivity (Wildman–Crippen MR) is 209 cm³/mol. The minimum Gasteiger partial charge on any atom is -0.310 e. The van der Waals surface area contributed by atoms with E-state index in [0.29, 0.717) is 0 Å². The third-order valence-corrected chi connectivity index (χ3v) is 10.1. The van der Waals surface area contributed by atoms with Crippen LogP contribution in [0.15, 0.2) is 195 Å². The Labute approximate surface area is 293 Å². The average molecular weight is 639 g/mol. The second-order valence-corrected chi connectivity index (χ2v) is 12.8. The van der Waals surface area contributed by atoms with Crippen molar-refractivity contribution < 1.29 is 0 Å². The van der Waals surface area contributed by atoms with Crippen LogP contribution in [-0.2, 0) is 5.41 Å². The largest absolute Gasteiger partial charge is 0.310 e. The standard InChI is InChI=1S/C48H34N2/c1-2-34-26-28-36(29-27-34)45-33-40(35-16-6-3-7-17-35)41-32-39(30-31-44(41)49-45)50-46-24-14-12-22-42(46)48(37-18-8-4-9-19-37,38-20-10-5-11-21-38)43-23-13-15-25-47(43)50/h2-33H,1H2. The summed E-state index contributed by atoms with van der Waals surface area (Å²) >= 11 is 0. The van der Waals surface area contributed by atoms with Crippen LogP contribution in [0.5, 0.6) is 0 Å². The topological polar surface area (TPSA) is 16.1 Å². The van der Waals surface area contributed by atoms with Gasteiger partial charge >= 0.3 is 0 Å². The Bertz CT molecular complexity index is 2390. The van der Waals surface area contributed by atoms with Crippen molar-refractivity contribution in [2.75, 3.05) is 4.90 Å². The van der Waals surface area contributed by atoms with Gasteiger partial charge in [0.1, 0.15) is 0 Å². The number of benzene rings is 7. The zero-order valence-corrected chi connectivity index (χ0v) is 27.6. The summed E-state index contributed by atoms with van der Waals surface area (Å²) in [6, 6.07) is 67.8. The van der Waals surface area contributed by atoms with Crippen molar-refractivity contribution in [2.45, 2.75) is 5.41 Å². The van der Waals surface area contributed by atoms with Crippen LogP contribution in [0.1, 0.15) is 27.8 Å². The number of fused-ring (bicyclic) bond motifs is 3. The molecule has 0 unspecified atom stereocenters. The quantitative estimate of drug-likeness (QED) is 0.180. The minimum absolute atomic E-state index is 0.504. The molecule has 1 aliphatic rings. The van der Waals surface area contributed by atoms with Crippen LogP contribution in [0.3, 0.4) is 0 Å². The van der Waals surface area contributed by atoms with Crippen molar-refractivity contribution in [3.63, 3.8) is 0 Å². The van der Waals surface area contributed by atoms with Crippen molar-refractivity contribution in [1.82, 2.24) is 4.98 Å². The van der Waals surface area contributed by atoms with Crippen LogP contribution in [0.2, 0.25) is 0 Å². The van der Waals surface area contributed by atoms with Crippen LogP contribution in [-0.4, -0.2) is 4.98 Å². The Morgan fingerprint density at radius 2 is 1.04 bits per heavy atom. The fourth-order valence-corrected chi connectivity index (χ4v) is 7.84. The normalized spacial score (nSPS) is 13.0. The average Bonchev–Trinajstić information content (AvgIpc) is 3.20. The zero-order valence-electron chi connectivity index (χ0n) is 27.6. The number of nitrogens with zero attached hydrogens (tertiary/aromatic N) is 2. The maximum atomic E-state index is 5.22. The summed E-state index contributed by atoms with van der Waals surface area (Å²) in [4.78, 5) is 7.66. The number of hydrogen-bond donors (Lipinski definition) is 0. The molecule has 8 aromatic rings. The molecule has 2 heteroatoms. The molecule has 0 radical (unpaired) electrons. The summed E-state index contributed by atoms with van der Waals surface area (Å²) < 4.78 is 0. The molecule has 2 nitrogen and oxygen atoms in total. The highest BCUT2D eigenvalue weighted by Gasteiger charge is 2.46. The lowest BCUT2D eigenvalue weighted by Gasteiger charge is -2.46. The first-order valence-electron chi connectivity index (χ1n) is 17.1. The van der Waals surface area contributed by atoms with Gasteiger partial charge in [-0.3, -0.25) is 0 Å². The maximum absolute atomic E-state index is 5.22. The number of anilines is 3. The summed E-state index contributed by atoms with van der Waals surface area (Å²) in [5.74, 6) is 0. The van der Waals surface area contributed by atoms with Crippen molar-refractivity contribution in [2.24, 2.45) is 0 Å². The predicted octanol–water partition coefficient (Wildman–Crippen LogP) is 12.4. The van der Waals surface area contributed by atoms with E-state index in [4.69, 9.17) is 4.98 Å². The van der Waals surface area contributed by atoms with Gasteiger partial charge in [0, 0.05) is 16.6 Å². The van der Waals surface area contributed by atoms with E-state index in [2.05, 4.69) is 200 Å². The molecule has 0 saturated carbocycles. The third kappa shape index (κ3) is 4.69. The van der Waals surface area contributed by atoms with Crippen LogP contribution in [0.25, 0.3) is 39.4 Å². The smallest absolute Gasteiger partial charge is 0.0742 e. The minimum atomic E-state index is -0.504. The van der Waals surface area contributed by atoms with E-state index >= 15 is 0 Å². The van der Waals surface area contributed by atoms with E-state index in [1.54, 1.807) is 0 Å². The fourth-order valence-electron chi connectivity index (χ4n) is 7.84. The van der Waals surface area contributed by atoms with E-state index in [0.717, 1.165) is 55.9 Å². The Hall–Kier alpha value is -6.51. The van der Waals surface area contributed by atoms with Gasteiger partial charge in [-0.1, -0.05) is 164 Å². The molecule has 0 N–H and O–H groups in total. The lowest BCUT2D eigenvalue weighted by atomic mass is 9.62. The first-order valence-corrected chi connectivity index (χ1v) is 17.1. The van der Waals surface area contributed by atoms with Crippen LogP contribution >= 0.6 is 0 Å². The molecule has 50 heavy (non-hydrogen) atoms. The van der Waals surface area contributed by atoms with Gasteiger partial charge in [-0.2, -0.15) is 0 Å². The second kappa shape index (κ2) is 12.2. The van der Waals surface area contributed by atoms with Crippen LogP contribution < -0.4 is 4.90 Å². The van der Waals surface area contributed by atoms with Gasteiger partial charge in [0.15, 0.2) is 0 Å². The molecule has 0 fully saturated rings. The molecule has 0 spiro atoms. The van der Waals surface area contributed by atoms with E-state index < -0.39 is 5.41 Å². The maximum Gasteiger partial charge on any atom is 0.0742 e. The van der Waals surface area contributed by atoms with Crippen molar-refractivity contribution >= 4 is 34.0 Å². The highest BCUT2D eigenvalue weighted by atomic mass is 15.2. The molecule has 9 rings (SSSR count). The molecule has 2 heterocycles. The molecular weight excluding hydrogens is 605 g/mol. The summed E-state index contributed by atoms with van der Waals surface area (Å²) in [6.07, 6.45) is 1.87. The number of para-hydroxylation sites is 2. The summed E-state index contributed by atoms with van der Waals surface area (Å²) in [5.41, 5.74) is 14.3. The highest BCUT2D eigenvalue weighted by Crippen LogP contribution is 2.57. The molecule has 0 bridgehead atoms. The molecule has 0 aliphatic carbocycles. The third-order valence-electron chi connectivity index (χ3n) is 10.1. The molecule has 0 saturated heterocycles. The van der Waals surface area contributed by atoms with Crippen LogP contribution in [0.4, 0.5) is 17.1 Å². The monoisotopic (exact) mass is 638 g/mol. The number of pyridine rings is 1. The zero-order chi connectivity index (χ0) is 33.5. The van der Waals surface area contributed by atoms with Crippen LogP contribution in [0, 0.1) is 0 Å². The Kier molecular flexibility index (Phi) is 7.21. The SMILES string of the molecule is C=Cc1ccc(-c2cc(-c3ccccc3)c3cc(N4c5ccccc5C(c5ccccc5)(c5ccccc5)c5ccccc54)ccc3n2)cc1. The molecule has 236 valence electrons. The molecule has 0 amide bonds. The summed E-state index contributed by atoms with van der Waals surface area (Å²) in [6.45, 7) is 3.92. The summed E-state index contributed by atoms with van der Waals surface area (Å²) in [5, 5.41) is 1.11. The second-order valence-electron chi connectivity index (χ2n) is 12.8. The van der Waals surface area contributed by atoms with Crippen molar-refractivity contribution in [3.05, 3.63) is 222 Å². The molecule has 7 aromatic carbocycles. The number of aromatic nitrogens is 1. The Balaban J connectivity index is 1.30. The van der Waals surface area contributed by atoms with Gasteiger partial charge in [0.05, 0.1) is 28.0 Å². The molecular formula is C48H34N2.